The molecule has 11 nitrogen and oxygen atoms in total. The van der Waals surface area contributed by atoms with Crippen LogP contribution >= 0.6 is 23.1 Å². The van der Waals surface area contributed by atoms with Crippen molar-refractivity contribution in [3.8, 4) is 23.3 Å². The Morgan fingerprint density at radius 2 is 1.84 bits per heavy atom. The summed E-state index contributed by atoms with van der Waals surface area (Å²) in [5, 5.41) is 22.3. The van der Waals surface area contributed by atoms with Crippen molar-refractivity contribution in [2.75, 3.05) is 37.3 Å². The number of allylic oxidation sites excluding steroid dienone is 3. The maximum absolute atomic E-state index is 13.8. The predicted molar refractivity (Wildman–Crippen MR) is 169 cm³/mol. The third kappa shape index (κ3) is 6.09. The summed E-state index contributed by atoms with van der Waals surface area (Å²) in [6, 6.07) is 14.7. The van der Waals surface area contributed by atoms with Crippen LogP contribution in [0.3, 0.4) is 0 Å². The topological polar surface area (TPSA) is 153 Å². The molecule has 0 spiro atoms. The number of thioether (sulfide) groups is 1. The summed E-state index contributed by atoms with van der Waals surface area (Å²) in [6.45, 7) is 4.06. The van der Waals surface area contributed by atoms with Gasteiger partial charge in [-0.25, -0.2) is 0 Å². The van der Waals surface area contributed by atoms with E-state index in [9.17, 15) is 14.9 Å². The van der Waals surface area contributed by atoms with Gasteiger partial charge in [0, 0.05) is 23.4 Å². The molecule has 1 aromatic heterocycles. The maximum Gasteiger partial charge on any atom is 0.234 e. The fraction of sp³-hybridized carbons (Fsp3) is 0.323. The zero-order valence-corrected chi connectivity index (χ0v) is 26.6. The van der Waals surface area contributed by atoms with Gasteiger partial charge >= 0.3 is 0 Å². The molecule has 1 aliphatic heterocycles. The predicted octanol–water partition coefficient (Wildman–Crippen LogP) is 5.24. The van der Waals surface area contributed by atoms with Crippen molar-refractivity contribution in [3.63, 3.8) is 0 Å². The first kappa shape index (κ1) is 30.9. The van der Waals surface area contributed by atoms with Crippen LogP contribution in [0, 0.1) is 16.7 Å². The standard InChI is InChI=1S/C31H32N6O5S2/c1-31(2)13-21-27(22(38)14-31)26(17-6-11-23(41-4)24(12-17)42-5)20(15-32)28(33)37(21)29-35-36-30(44-29)43-16-25(39)34-18-7-9-19(40-3)10-8-18/h6-12,26H,13-14,16,33H2,1-5H3,(H,34,39). The van der Waals surface area contributed by atoms with Crippen LogP contribution in [0.2, 0.25) is 0 Å². The van der Waals surface area contributed by atoms with Gasteiger partial charge in [-0.15, -0.1) is 10.2 Å². The normalized spacial score (nSPS) is 17.6. The number of methoxy groups -OCH3 is 3. The molecule has 228 valence electrons. The number of benzene rings is 2. The highest BCUT2D eigenvalue weighted by molar-refractivity contribution is 8.01. The number of nitrogens with two attached hydrogens (primary N) is 1. The quantitative estimate of drug-likeness (QED) is 0.298. The Morgan fingerprint density at radius 1 is 1.11 bits per heavy atom. The molecule has 0 saturated heterocycles. The van der Waals surface area contributed by atoms with E-state index in [1.807, 2.05) is 19.9 Å². The Kier molecular flexibility index (Phi) is 8.85. The minimum absolute atomic E-state index is 0.0596. The lowest BCUT2D eigenvalue weighted by molar-refractivity contribution is -0.118. The molecule has 2 aliphatic rings. The number of nitrogens with zero attached hydrogens (tertiary/aromatic N) is 4. The second-order valence-electron chi connectivity index (χ2n) is 11.0. The summed E-state index contributed by atoms with van der Waals surface area (Å²) in [5.74, 6) is 1.05. The van der Waals surface area contributed by atoms with E-state index in [4.69, 9.17) is 19.9 Å². The van der Waals surface area contributed by atoms with Gasteiger partial charge in [0.2, 0.25) is 11.0 Å². The highest BCUT2D eigenvalue weighted by Crippen LogP contribution is 2.51. The van der Waals surface area contributed by atoms with Gasteiger partial charge in [-0.2, -0.15) is 5.26 Å². The van der Waals surface area contributed by atoms with E-state index >= 15 is 0 Å². The average molecular weight is 633 g/mol. The van der Waals surface area contributed by atoms with Gasteiger partial charge in [-0.1, -0.05) is 43.0 Å². The Morgan fingerprint density at radius 3 is 2.50 bits per heavy atom. The number of Topliss-reactive ketones (excluding diaryl/α,β-unsaturated/α-hetero) is 1. The van der Waals surface area contributed by atoms with Crippen LogP contribution < -0.4 is 30.2 Å². The fourth-order valence-electron chi connectivity index (χ4n) is 5.44. The highest BCUT2D eigenvalue weighted by Gasteiger charge is 2.45. The second-order valence-corrected chi connectivity index (χ2v) is 13.2. The maximum atomic E-state index is 13.8. The Hall–Kier alpha value is -4.54. The minimum atomic E-state index is -0.682. The summed E-state index contributed by atoms with van der Waals surface area (Å²) in [7, 11) is 4.66. The van der Waals surface area contributed by atoms with Crippen molar-refractivity contribution in [2.45, 2.75) is 36.9 Å². The zero-order chi connectivity index (χ0) is 31.6. The van der Waals surface area contributed by atoms with Crippen molar-refractivity contribution in [1.29, 1.82) is 5.26 Å². The van der Waals surface area contributed by atoms with Crippen LogP contribution in [-0.4, -0.2) is 49.0 Å². The number of ketones is 1. The number of amides is 1. The van der Waals surface area contributed by atoms with E-state index in [1.165, 1.54) is 30.2 Å². The van der Waals surface area contributed by atoms with E-state index in [0.717, 1.165) is 0 Å². The minimum Gasteiger partial charge on any atom is -0.497 e. The van der Waals surface area contributed by atoms with Crippen molar-refractivity contribution in [1.82, 2.24) is 10.2 Å². The van der Waals surface area contributed by atoms with E-state index in [-0.39, 0.29) is 34.3 Å². The molecule has 0 bridgehead atoms. The molecular formula is C31H32N6O5S2. The molecule has 0 saturated carbocycles. The molecule has 44 heavy (non-hydrogen) atoms. The first-order valence-corrected chi connectivity index (χ1v) is 15.5. The van der Waals surface area contributed by atoms with E-state index < -0.39 is 5.92 Å². The molecule has 2 heterocycles. The van der Waals surface area contributed by atoms with Gasteiger partial charge in [0.25, 0.3) is 0 Å². The Balaban J connectivity index is 1.46. The van der Waals surface area contributed by atoms with Crippen LogP contribution in [0.4, 0.5) is 10.8 Å². The number of aromatic nitrogens is 2. The van der Waals surface area contributed by atoms with Crippen LogP contribution in [0.15, 0.2) is 69.5 Å². The summed E-state index contributed by atoms with van der Waals surface area (Å²) in [5.41, 5.74) is 9.16. The smallest absolute Gasteiger partial charge is 0.234 e. The lowest BCUT2D eigenvalue weighted by Crippen LogP contribution is -2.42. The number of rotatable bonds is 9. The lowest BCUT2D eigenvalue weighted by Gasteiger charge is -2.42. The molecular weight excluding hydrogens is 601 g/mol. The number of hydrogen-bond acceptors (Lipinski definition) is 12. The third-order valence-corrected chi connectivity index (χ3v) is 9.45. The summed E-state index contributed by atoms with van der Waals surface area (Å²) >= 11 is 2.47. The van der Waals surface area contributed by atoms with Crippen LogP contribution in [-0.2, 0) is 9.59 Å². The van der Waals surface area contributed by atoms with Crippen LogP contribution in [0.5, 0.6) is 17.2 Å². The van der Waals surface area contributed by atoms with Crippen molar-refractivity contribution < 1.29 is 23.8 Å². The highest BCUT2D eigenvalue weighted by atomic mass is 32.2. The molecule has 2 aromatic carbocycles. The van der Waals surface area contributed by atoms with Gasteiger partial charge in [0.1, 0.15) is 11.6 Å². The third-order valence-electron chi connectivity index (χ3n) is 7.41. The van der Waals surface area contributed by atoms with Gasteiger partial charge < -0.3 is 25.3 Å². The lowest BCUT2D eigenvalue weighted by atomic mass is 9.68. The molecule has 0 fully saturated rings. The fourth-order valence-corrected chi connectivity index (χ4v) is 7.12. The number of nitriles is 1. The van der Waals surface area contributed by atoms with Gasteiger partial charge in [-0.3, -0.25) is 14.5 Å². The molecule has 1 amide bonds. The van der Waals surface area contributed by atoms with E-state index in [2.05, 4.69) is 21.6 Å². The zero-order valence-electron chi connectivity index (χ0n) is 25.0. The van der Waals surface area contributed by atoms with E-state index in [0.29, 0.717) is 62.1 Å². The molecule has 1 unspecified atom stereocenters. The van der Waals surface area contributed by atoms with Gasteiger partial charge in [0.15, 0.2) is 21.6 Å². The first-order chi connectivity index (χ1) is 21.1. The molecule has 1 atom stereocenters. The number of anilines is 2. The van der Waals surface area contributed by atoms with Crippen LogP contribution in [0.25, 0.3) is 0 Å². The van der Waals surface area contributed by atoms with Crippen molar-refractivity contribution >= 4 is 45.6 Å². The molecule has 13 heteroatoms. The van der Waals surface area contributed by atoms with E-state index in [1.54, 1.807) is 55.5 Å². The summed E-state index contributed by atoms with van der Waals surface area (Å²) in [6.07, 6.45) is 0.853. The molecule has 5 rings (SSSR count). The van der Waals surface area contributed by atoms with Crippen LogP contribution in [0.1, 0.15) is 38.2 Å². The monoisotopic (exact) mass is 632 g/mol. The Labute approximate surface area is 263 Å². The largest absolute Gasteiger partial charge is 0.497 e. The molecule has 3 aromatic rings. The average Bonchev–Trinajstić information content (AvgIpc) is 3.47. The van der Waals surface area contributed by atoms with Crippen molar-refractivity contribution in [2.24, 2.45) is 11.1 Å². The molecule has 0 radical (unpaired) electrons. The molecule has 3 N–H and O–H groups in total. The number of hydrogen-bond donors (Lipinski definition) is 2. The first-order valence-electron chi connectivity index (χ1n) is 13.7. The molecule has 1 aliphatic carbocycles. The van der Waals surface area contributed by atoms with Crippen molar-refractivity contribution in [3.05, 3.63) is 70.7 Å². The number of nitrogens with one attached hydrogen (secondary N) is 1. The SMILES string of the molecule is COc1ccc(NC(=O)CSc2nnc(N3C(N)=C(C#N)C(c4ccc(OC)c(OC)c4)C4=C3CC(C)(C)CC4=O)s2)cc1. The van der Waals surface area contributed by atoms with Gasteiger partial charge in [0.05, 0.1) is 44.6 Å². The Bertz CT molecular complexity index is 1710. The van der Waals surface area contributed by atoms with Gasteiger partial charge in [-0.05, 0) is 53.8 Å². The number of carbonyl (C=O) groups excluding carboxylic acids is 2. The number of ether oxygens (including phenoxy) is 3. The summed E-state index contributed by atoms with van der Waals surface area (Å²) < 4.78 is 16.6. The second kappa shape index (κ2) is 12.6. The number of carbonyl (C=O) groups is 2. The summed E-state index contributed by atoms with van der Waals surface area (Å²) in [4.78, 5) is 28.1.